The zero-order valence-corrected chi connectivity index (χ0v) is 15.7. The average Bonchev–Trinajstić information content (AvgIpc) is 3.43. The summed E-state index contributed by atoms with van der Waals surface area (Å²) in [6.07, 6.45) is 7.84. The van der Waals surface area contributed by atoms with Crippen LogP contribution >= 0.6 is 0 Å². The van der Waals surface area contributed by atoms with Crippen LogP contribution in [0.15, 0.2) is 18.3 Å². The van der Waals surface area contributed by atoms with E-state index >= 15 is 0 Å². The first-order chi connectivity index (χ1) is 12.1. The highest BCUT2D eigenvalue weighted by Crippen LogP contribution is 2.25. The van der Waals surface area contributed by atoms with Crippen LogP contribution in [0.2, 0.25) is 0 Å². The summed E-state index contributed by atoms with van der Waals surface area (Å²) in [4.78, 5) is 19.2. The SMILES string of the molecule is CCCC[C@@H]1CN(c2cc(C(=O)NC3CC3)ccn2)C[C@H](C(C)C)O1. The zero-order chi connectivity index (χ0) is 17.8. The van der Waals surface area contributed by atoms with Crippen molar-refractivity contribution >= 4 is 11.7 Å². The second-order valence-corrected chi connectivity index (χ2v) is 7.74. The maximum absolute atomic E-state index is 12.3. The monoisotopic (exact) mass is 345 g/mol. The van der Waals surface area contributed by atoms with Crippen molar-refractivity contribution in [2.45, 2.75) is 71.1 Å². The van der Waals surface area contributed by atoms with Crippen LogP contribution in [-0.4, -0.2) is 42.2 Å². The van der Waals surface area contributed by atoms with Crippen LogP contribution in [0, 0.1) is 5.92 Å². The van der Waals surface area contributed by atoms with Crippen LogP contribution in [-0.2, 0) is 4.74 Å². The smallest absolute Gasteiger partial charge is 0.251 e. The van der Waals surface area contributed by atoms with Crippen molar-refractivity contribution in [1.82, 2.24) is 10.3 Å². The van der Waals surface area contributed by atoms with Crippen molar-refractivity contribution in [2.75, 3.05) is 18.0 Å². The maximum atomic E-state index is 12.3. The summed E-state index contributed by atoms with van der Waals surface area (Å²) in [5.41, 5.74) is 0.703. The number of ether oxygens (including phenoxy) is 1. The molecule has 1 aromatic rings. The Morgan fingerprint density at radius 1 is 1.40 bits per heavy atom. The standard InChI is InChI=1S/C20H31N3O2/c1-4-5-6-17-12-23(13-18(25-17)14(2)3)19-11-15(9-10-21-19)20(24)22-16-7-8-16/h9-11,14,16-18H,4-8,12-13H2,1-3H3,(H,22,24)/t17-,18-/m1/s1. The van der Waals surface area contributed by atoms with Gasteiger partial charge in [0.15, 0.2) is 0 Å². The van der Waals surface area contributed by atoms with Gasteiger partial charge in [0.1, 0.15) is 5.82 Å². The van der Waals surface area contributed by atoms with Crippen LogP contribution in [0.4, 0.5) is 5.82 Å². The third-order valence-corrected chi connectivity index (χ3v) is 5.06. The minimum atomic E-state index is 0.0161. The number of hydrogen-bond acceptors (Lipinski definition) is 4. The number of morpholine rings is 1. The molecule has 1 aliphatic heterocycles. The number of anilines is 1. The van der Waals surface area contributed by atoms with Crippen LogP contribution in [0.1, 0.15) is 63.2 Å². The molecule has 3 rings (SSSR count). The molecule has 2 heterocycles. The van der Waals surface area contributed by atoms with Crippen LogP contribution in [0.25, 0.3) is 0 Å². The third kappa shape index (κ3) is 4.94. The first-order valence-corrected chi connectivity index (χ1v) is 9.74. The van der Waals surface area contributed by atoms with Crippen LogP contribution < -0.4 is 10.2 Å². The van der Waals surface area contributed by atoms with Crippen molar-refractivity contribution in [1.29, 1.82) is 0 Å². The minimum Gasteiger partial charge on any atom is -0.371 e. The maximum Gasteiger partial charge on any atom is 0.251 e. The fourth-order valence-corrected chi connectivity index (χ4v) is 3.25. The molecular formula is C20H31N3O2. The van der Waals surface area contributed by atoms with Gasteiger partial charge in [-0.3, -0.25) is 4.79 Å². The van der Waals surface area contributed by atoms with E-state index in [2.05, 4.69) is 36.0 Å². The third-order valence-electron chi connectivity index (χ3n) is 5.06. The number of nitrogens with one attached hydrogen (secondary N) is 1. The molecule has 2 atom stereocenters. The van der Waals surface area contributed by atoms with Gasteiger partial charge in [0.05, 0.1) is 12.2 Å². The molecule has 1 amide bonds. The molecule has 1 saturated carbocycles. The summed E-state index contributed by atoms with van der Waals surface area (Å²) < 4.78 is 6.29. The van der Waals surface area contributed by atoms with Gasteiger partial charge in [-0.2, -0.15) is 0 Å². The number of carbonyl (C=O) groups is 1. The molecule has 5 nitrogen and oxygen atoms in total. The highest BCUT2D eigenvalue weighted by atomic mass is 16.5. The summed E-state index contributed by atoms with van der Waals surface area (Å²) in [6, 6.07) is 4.10. The Kier molecular flexibility index (Phi) is 5.94. The lowest BCUT2D eigenvalue weighted by Gasteiger charge is -2.40. The van der Waals surface area contributed by atoms with E-state index in [0.717, 1.165) is 38.2 Å². The number of amides is 1. The summed E-state index contributed by atoms with van der Waals surface area (Å²) in [6.45, 7) is 8.31. The summed E-state index contributed by atoms with van der Waals surface area (Å²) in [7, 11) is 0. The molecule has 0 bridgehead atoms. The van der Waals surface area contributed by atoms with Gasteiger partial charge in [-0.25, -0.2) is 4.98 Å². The Balaban J connectivity index is 1.72. The lowest BCUT2D eigenvalue weighted by Crippen LogP contribution is -2.50. The second kappa shape index (κ2) is 8.17. The number of unbranched alkanes of at least 4 members (excludes halogenated alkanes) is 1. The Bertz CT molecular complexity index is 586. The normalized spacial score (nSPS) is 23.8. The molecule has 138 valence electrons. The van der Waals surface area contributed by atoms with Gasteiger partial charge >= 0.3 is 0 Å². The van der Waals surface area contributed by atoms with Crippen molar-refractivity contribution in [3.8, 4) is 0 Å². The lowest BCUT2D eigenvalue weighted by atomic mass is 10.0. The first kappa shape index (κ1) is 18.2. The van der Waals surface area contributed by atoms with Gasteiger partial charge in [-0.1, -0.05) is 33.6 Å². The molecule has 1 aromatic heterocycles. The van der Waals surface area contributed by atoms with Crippen molar-refractivity contribution in [3.63, 3.8) is 0 Å². The van der Waals surface area contributed by atoms with Crippen molar-refractivity contribution < 1.29 is 9.53 Å². The highest BCUT2D eigenvalue weighted by molar-refractivity contribution is 5.95. The van der Waals surface area contributed by atoms with Gasteiger partial charge in [-0.15, -0.1) is 0 Å². The molecule has 5 heteroatoms. The van der Waals surface area contributed by atoms with E-state index in [-0.39, 0.29) is 18.1 Å². The fraction of sp³-hybridized carbons (Fsp3) is 0.700. The Labute approximate surface area is 151 Å². The molecule has 0 unspecified atom stereocenters. The topological polar surface area (TPSA) is 54.5 Å². The van der Waals surface area contributed by atoms with Gasteiger partial charge in [0.25, 0.3) is 5.91 Å². The molecule has 25 heavy (non-hydrogen) atoms. The number of hydrogen-bond donors (Lipinski definition) is 1. The van der Waals surface area contributed by atoms with E-state index in [1.54, 1.807) is 12.3 Å². The lowest BCUT2D eigenvalue weighted by molar-refractivity contribution is -0.0521. The number of nitrogens with zero attached hydrogens (tertiary/aromatic N) is 2. The van der Waals surface area contributed by atoms with E-state index in [0.29, 0.717) is 17.5 Å². The van der Waals surface area contributed by atoms with E-state index in [9.17, 15) is 4.79 Å². The molecule has 1 aliphatic carbocycles. The molecule has 1 N–H and O–H groups in total. The highest BCUT2D eigenvalue weighted by Gasteiger charge is 2.30. The largest absolute Gasteiger partial charge is 0.371 e. The molecule has 0 aromatic carbocycles. The molecule has 2 fully saturated rings. The number of carbonyl (C=O) groups excluding carboxylic acids is 1. The van der Waals surface area contributed by atoms with E-state index < -0.39 is 0 Å². The number of pyridine rings is 1. The van der Waals surface area contributed by atoms with Gasteiger partial charge in [0, 0.05) is 30.9 Å². The fourth-order valence-electron chi connectivity index (χ4n) is 3.25. The van der Waals surface area contributed by atoms with E-state index in [1.165, 1.54) is 12.8 Å². The Morgan fingerprint density at radius 3 is 2.88 bits per heavy atom. The van der Waals surface area contributed by atoms with Crippen LogP contribution in [0.3, 0.4) is 0 Å². The number of aromatic nitrogens is 1. The van der Waals surface area contributed by atoms with Gasteiger partial charge < -0.3 is 15.0 Å². The first-order valence-electron chi connectivity index (χ1n) is 9.74. The summed E-state index contributed by atoms with van der Waals surface area (Å²) >= 11 is 0. The van der Waals surface area contributed by atoms with E-state index in [1.807, 2.05) is 6.07 Å². The minimum absolute atomic E-state index is 0.0161. The Hall–Kier alpha value is -1.62. The molecule has 1 saturated heterocycles. The number of rotatable bonds is 7. The van der Waals surface area contributed by atoms with Gasteiger partial charge in [-0.05, 0) is 37.3 Å². The predicted octanol–water partition coefficient (Wildman–Crippen LogP) is 3.39. The van der Waals surface area contributed by atoms with Gasteiger partial charge in [0.2, 0.25) is 0 Å². The second-order valence-electron chi connectivity index (χ2n) is 7.74. The molecular weight excluding hydrogens is 314 g/mol. The predicted molar refractivity (Wildman–Crippen MR) is 100.0 cm³/mol. The Morgan fingerprint density at radius 2 is 2.20 bits per heavy atom. The van der Waals surface area contributed by atoms with Crippen molar-refractivity contribution in [3.05, 3.63) is 23.9 Å². The molecule has 2 aliphatic rings. The average molecular weight is 345 g/mol. The van der Waals surface area contributed by atoms with Crippen molar-refractivity contribution in [2.24, 2.45) is 5.92 Å². The zero-order valence-electron chi connectivity index (χ0n) is 15.7. The molecule has 0 radical (unpaired) electrons. The quantitative estimate of drug-likeness (QED) is 0.823. The summed E-state index contributed by atoms with van der Waals surface area (Å²) in [5.74, 6) is 1.37. The van der Waals surface area contributed by atoms with E-state index in [4.69, 9.17) is 4.74 Å². The van der Waals surface area contributed by atoms with Crippen LogP contribution in [0.5, 0.6) is 0 Å². The molecule has 0 spiro atoms. The summed E-state index contributed by atoms with van der Waals surface area (Å²) in [5, 5.41) is 3.05.